The zero-order valence-electron chi connectivity index (χ0n) is 6.37. The van der Waals surface area contributed by atoms with E-state index in [1.165, 1.54) is 6.20 Å². The molecule has 0 aromatic carbocycles. The van der Waals surface area contributed by atoms with Gasteiger partial charge in [0.05, 0.1) is 11.6 Å². The molecule has 2 aromatic heterocycles. The lowest BCUT2D eigenvalue weighted by molar-refractivity contribution is 0.0695. The van der Waals surface area contributed by atoms with Gasteiger partial charge in [0.25, 0.3) is 0 Å². The first-order valence-electron chi connectivity index (χ1n) is 3.48. The number of hydrogen-bond acceptors (Lipinski definition) is 3. The maximum atomic E-state index is 11.4. The number of aromatic amines is 2. The molecule has 2 heterocycles. The van der Waals surface area contributed by atoms with Crippen LogP contribution in [0.3, 0.4) is 0 Å². The normalized spacial score (nSPS) is 10.5. The van der Waals surface area contributed by atoms with Gasteiger partial charge < -0.3 is 10.1 Å². The van der Waals surface area contributed by atoms with Crippen LogP contribution in [-0.4, -0.2) is 26.3 Å². The topological polar surface area (TPSA) is 98.8 Å². The fourth-order valence-electron chi connectivity index (χ4n) is 1.08. The highest BCUT2D eigenvalue weighted by Gasteiger charge is 2.11. The van der Waals surface area contributed by atoms with Crippen LogP contribution in [0.1, 0.15) is 10.4 Å². The van der Waals surface area contributed by atoms with Crippen molar-refractivity contribution in [3.63, 3.8) is 0 Å². The molecule has 66 valence electrons. The summed E-state index contributed by atoms with van der Waals surface area (Å²) in [6.45, 7) is 0. The zero-order chi connectivity index (χ0) is 9.42. The van der Waals surface area contributed by atoms with Gasteiger partial charge in [-0.25, -0.2) is 4.79 Å². The van der Waals surface area contributed by atoms with Crippen molar-refractivity contribution in [2.24, 2.45) is 0 Å². The first kappa shape index (κ1) is 7.53. The molecule has 13 heavy (non-hydrogen) atoms. The third-order valence-corrected chi connectivity index (χ3v) is 1.72. The molecule has 0 fully saturated rings. The molecule has 0 saturated heterocycles. The van der Waals surface area contributed by atoms with Crippen LogP contribution >= 0.6 is 0 Å². The summed E-state index contributed by atoms with van der Waals surface area (Å²) in [7, 11) is 0. The number of aromatic carboxylic acids is 1. The average molecular weight is 179 g/mol. The molecule has 0 aliphatic heterocycles. The fraction of sp³-hybridized carbons (Fsp3) is 0. The minimum Gasteiger partial charge on any atom is -0.477 e. The van der Waals surface area contributed by atoms with Crippen LogP contribution in [0.25, 0.3) is 11.0 Å². The van der Waals surface area contributed by atoms with Crippen molar-refractivity contribution in [2.45, 2.75) is 0 Å². The van der Waals surface area contributed by atoms with Crippen molar-refractivity contribution in [3.8, 4) is 0 Å². The number of aromatic nitrogens is 3. The minimum atomic E-state index is -1.25. The lowest BCUT2D eigenvalue weighted by atomic mass is 10.2. The molecular weight excluding hydrogens is 174 g/mol. The van der Waals surface area contributed by atoms with Gasteiger partial charge in [0.2, 0.25) is 5.43 Å². The van der Waals surface area contributed by atoms with Gasteiger partial charge in [0, 0.05) is 6.20 Å². The monoisotopic (exact) mass is 179 g/mol. The molecule has 0 atom stereocenters. The number of hydrogen-bond donors (Lipinski definition) is 3. The van der Waals surface area contributed by atoms with E-state index in [-0.39, 0.29) is 10.9 Å². The summed E-state index contributed by atoms with van der Waals surface area (Å²) in [5.41, 5.74) is -0.390. The Morgan fingerprint density at radius 3 is 3.00 bits per heavy atom. The van der Waals surface area contributed by atoms with Gasteiger partial charge in [-0.3, -0.25) is 9.89 Å². The number of H-pyrrole nitrogens is 2. The van der Waals surface area contributed by atoms with Crippen LogP contribution in [0.4, 0.5) is 0 Å². The minimum absolute atomic E-state index is 0.250. The van der Waals surface area contributed by atoms with Crippen LogP contribution in [0.5, 0.6) is 0 Å². The number of pyridine rings is 1. The maximum Gasteiger partial charge on any atom is 0.341 e. The van der Waals surface area contributed by atoms with Crippen LogP contribution < -0.4 is 5.43 Å². The Kier molecular flexibility index (Phi) is 1.42. The molecule has 6 heteroatoms. The van der Waals surface area contributed by atoms with E-state index in [2.05, 4.69) is 15.2 Å². The number of carboxylic acid groups (broad SMARTS) is 1. The Labute approximate surface area is 71.2 Å². The van der Waals surface area contributed by atoms with E-state index < -0.39 is 11.4 Å². The van der Waals surface area contributed by atoms with Crippen molar-refractivity contribution in [2.75, 3.05) is 0 Å². The van der Waals surface area contributed by atoms with Gasteiger partial charge >= 0.3 is 5.97 Å². The summed E-state index contributed by atoms with van der Waals surface area (Å²) in [6, 6.07) is 0. The number of fused-ring (bicyclic) bond motifs is 1. The highest BCUT2D eigenvalue weighted by molar-refractivity contribution is 5.91. The number of carbonyl (C=O) groups is 1. The van der Waals surface area contributed by atoms with Gasteiger partial charge in [-0.15, -0.1) is 0 Å². The number of nitrogens with one attached hydrogen (secondary N) is 2. The molecule has 0 spiro atoms. The van der Waals surface area contributed by atoms with Gasteiger partial charge in [0.15, 0.2) is 0 Å². The van der Waals surface area contributed by atoms with Gasteiger partial charge in [0.1, 0.15) is 11.2 Å². The molecule has 0 saturated carbocycles. The summed E-state index contributed by atoms with van der Waals surface area (Å²) < 4.78 is 0. The quantitative estimate of drug-likeness (QED) is 0.571. The number of nitrogens with zero attached hydrogens (tertiary/aromatic N) is 1. The van der Waals surface area contributed by atoms with Crippen LogP contribution in [-0.2, 0) is 0 Å². The third-order valence-electron chi connectivity index (χ3n) is 1.72. The van der Waals surface area contributed by atoms with E-state index in [9.17, 15) is 9.59 Å². The van der Waals surface area contributed by atoms with Crippen LogP contribution in [0.2, 0.25) is 0 Å². The summed E-state index contributed by atoms with van der Waals surface area (Å²) >= 11 is 0. The highest BCUT2D eigenvalue weighted by atomic mass is 16.4. The summed E-state index contributed by atoms with van der Waals surface area (Å²) in [4.78, 5) is 24.5. The first-order valence-corrected chi connectivity index (χ1v) is 3.48. The molecule has 2 aromatic rings. The molecule has 0 amide bonds. The summed E-state index contributed by atoms with van der Waals surface area (Å²) in [6.07, 6.45) is 2.44. The van der Waals surface area contributed by atoms with Crippen molar-refractivity contribution >= 4 is 17.0 Å². The second-order valence-electron chi connectivity index (χ2n) is 2.50. The van der Waals surface area contributed by atoms with E-state index in [0.717, 1.165) is 6.20 Å². The molecule has 0 aliphatic carbocycles. The zero-order valence-corrected chi connectivity index (χ0v) is 6.37. The lowest BCUT2D eigenvalue weighted by Crippen LogP contribution is -2.14. The van der Waals surface area contributed by atoms with Crippen molar-refractivity contribution in [1.29, 1.82) is 0 Å². The lowest BCUT2D eigenvalue weighted by Gasteiger charge is -1.92. The standard InChI is InChI=1S/C7H5N3O3/c11-5-3-2-9-10-6(3)8-1-4(5)7(12)13/h1-2H,(H,12,13)(H2,8,9,10,11). The van der Waals surface area contributed by atoms with E-state index in [1.54, 1.807) is 0 Å². The molecule has 0 radical (unpaired) electrons. The van der Waals surface area contributed by atoms with E-state index in [1.807, 2.05) is 0 Å². The maximum absolute atomic E-state index is 11.4. The van der Waals surface area contributed by atoms with Crippen LogP contribution in [0.15, 0.2) is 17.2 Å². The smallest absolute Gasteiger partial charge is 0.341 e. The second kappa shape index (κ2) is 2.44. The predicted octanol–water partition coefficient (Wildman–Crippen LogP) is -0.0506. The van der Waals surface area contributed by atoms with Gasteiger partial charge in [-0.05, 0) is 0 Å². The Morgan fingerprint density at radius 1 is 1.54 bits per heavy atom. The van der Waals surface area contributed by atoms with Crippen molar-refractivity contribution in [1.82, 2.24) is 15.2 Å². The Bertz CT molecular complexity index is 525. The van der Waals surface area contributed by atoms with Crippen molar-refractivity contribution in [3.05, 3.63) is 28.2 Å². The van der Waals surface area contributed by atoms with E-state index in [4.69, 9.17) is 5.11 Å². The average Bonchev–Trinajstić information content (AvgIpc) is 2.52. The first-order chi connectivity index (χ1) is 6.20. The summed E-state index contributed by atoms with van der Waals surface area (Å²) in [5, 5.41) is 15.0. The molecule has 0 bridgehead atoms. The molecule has 6 nitrogen and oxygen atoms in total. The van der Waals surface area contributed by atoms with E-state index >= 15 is 0 Å². The summed E-state index contributed by atoms with van der Waals surface area (Å²) in [5.74, 6) is -1.25. The molecule has 2 rings (SSSR count). The molecule has 3 N–H and O–H groups in total. The largest absolute Gasteiger partial charge is 0.477 e. The predicted molar refractivity (Wildman–Crippen MR) is 43.7 cm³/mol. The Hall–Kier alpha value is -2.11. The second-order valence-corrected chi connectivity index (χ2v) is 2.50. The Balaban J connectivity index is 2.89. The molecular formula is C7H5N3O3. The number of rotatable bonds is 1. The van der Waals surface area contributed by atoms with Crippen LogP contribution in [0, 0.1) is 0 Å². The Morgan fingerprint density at radius 2 is 2.31 bits per heavy atom. The number of carboxylic acids is 1. The van der Waals surface area contributed by atoms with E-state index in [0.29, 0.717) is 5.65 Å². The highest BCUT2D eigenvalue weighted by Crippen LogP contribution is 2.02. The molecule has 0 aliphatic rings. The fourth-order valence-corrected chi connectivity index (χ4v) is 1.08. The van der Waals surface area contributed by atoms with Gasteiger partial charge in [-0.1, -0.05) is 0 Å². The van der Waals surface area contributed by atoms with Gasteiger partial charge in [-0.2, -0.15) is 5.10 Å². The van der Waals surface area contributed by atoms with Crippen molar-refractivity contribution < 1.29 is 9.90 Å². The SMILES string of the molecule is O=C(O)c1c[nH]c2[nH]ncc2c1=O. The third kappa shape index (κ3) is 0.994. The molecule has 0 unspecified atom stereocenters.